The number of fused-ring (bicyclic) bond motifs is 1. The van der Waals surface area contributed by atoms with Crippen molar-refractivity contribution >= 4 is 16.9 Å². The van der Waals surface area contributed by atoms with Gasteiger partial charge in [-0.05, 0) is 76.8 Å². The molecule has 16 heteroatoms. The smallest absolute Gasteiger partial charge is 0.417 e. The summed E-state index contributed by atoms with van der Waals surface area (Å²) in [5.74, 6) is -20.6. The minimum absolute atomic E-state index is 0.0134. The average molecular weight is 741 g/mol. The number of hydrogen-bond acceptors (Lipinski definition) is 7. The van der Waals surface area contributed by atoms with Crippen LogP contribution in [0.5, 0.6) is 5.75 Å². The van der Waals surface area contributed by atoms with Gasteiger partial charge in [0, 0.05) is 28.1 Å². The van der Waals surface area contributed by atoms with Crippen molar-refractivity contribution in [3.8, 4) is 16.9 Å². The molecule has 1 unspecified atom stereocenters. The Morgan fingerprint density at radius 1 is 0.824 bits per heavy atom. The molecule has 51 heavy (non-hydrogen) atoms. The first-order valence-electron chi connectivity index (χ1n) is 16.0. The molecule has 4 N–H and O–H groups in total. The maximum absolute atomic E-state index is 14.6. The molecule has 0 spiro atoms. The fourth-order valence-corrected chi connectivity index (χ4v) is 5.23. The summed E-state index contributed by atoms with van der Waals surface area (Å²) in [6, 6.07) is 7.48. The van der Waals surface area contributed by atoms with Gasteiger partial charge in [-0.1, -0.05) is 31.9 Å². The molecule has 0 saturated carbocycles. The second-order valence-electron chi connectivity index (χ2n) is 13.9. The molecule has 0 radical (unpaired) electrons. The molecule has 1 heterocycles. The second-order valence-corrected chi connectivity index (χ2v) is 13.9. The molecule has 0 aliphatic rings. The summed E-state index contributed by atoms with van der Waals surface area (Å²) in [4.78, 5) is 25.4. The first-order chi connectivity index (χ1) is 23.2. The van der Waals surface area contributed by atoms with Crippen LogP contribution < -0.4 is 21.8 Å². The number of halogens is 9. The number of benzene rings is 2. The van der Waals surface area contributed by atoms with E-state index >= 15 is 0 Å². The zero-order valence-corrected chi connectivity index (χ0v) is 28.7. The normalized spacial score (nSPS) is 14.1. The van der Waals surface area contributed by atoms with E-state index in [-0.39, 0.29) is 17.4 Å². The number of aryl methyl sites for hydroxylation is 1. The predicted molar refractivity (Wildman–Crippen MR) is 172 cm³/mol. The lowest BCUT2D eigenvalue weighted by molar-refractivity contribution is -0.322. The van der Waals surface area contributed by atoms with Crippen LogP contribution in [-0.2, 0) is 22.1 Å². The van der Waals surface area contributed by atoms with Crippen LogP contribution in [0.4, 0.5) is 39.5 Å². The third kappa shape index (κ3) is 10.2. The molecule has 0 fully saturated rings. The van der Waals surface area contributed by atoms with Crippen molar-refractivity contribution in [3.05, 3.63) is 64.0 Å². The summed E-state index contributed by atoms with van der Waals surface area (Å²) in [5.41, 5.74) is 6.15. The topological polar surface area (TPSA) is 118 Å². The van der Waals surface area contributed by atoms with Crippen LogP contribution in [0.3, 0.4) is 0 Å². The summed E-state index contributed by atoms with van der Waals surface area (Å²) in [7, 11) is 0. The maximum atomic E-state index is 14.6. The molecule has 2 aromatic carbocycles. The van der Waals surface area contributed by atoms with E-state index in [1.807, 2.05) is 6.92 Å². The van der Waals surface area contributed by atoms with Gasteiger partial charge >= 0.3 is 35.5 Å². The Hall–Kier alpha value is -3.79. The van der Waals surface area contributed by atoms with Gasteiger partial charge in [0.25, 0.3) is 0 Å². The van der Waals surface area contributed by atoms with Gasteiger partial charge in [-0.3, -0.25) is 4.79 Å². The summed E-state index contributed by atoms with van der Waals surface area (Å²) < 4.78 is 144. The fourth-order valence-electron chi connectivity index (χ4n) is 5.23. The van der Waals surface area contributed by atoms with E-state index in [0.29, 0.717) is 18.4 Å². The summed E-state index contributed by atoms with van der Waals surface area (Å²) in [6.45, 7) is 2.91. The van der Waals surface area contributed by atoms with Crippen LogP contribution in [0, 0.1) is 5.92 Å². The van der Waals surface area contributed by atoms with Crippen LogP contribution in [0.25, 0.3) is 22.1 Å². The SMILES string of the molecule is CCCCCc1ccc(-c2cc3ccc(OCC(F)(F)C(F)(F)C(F)(F)COC(=O)C(CC(C)(C)N)C(C)(C)N)cc3oc2=O)c(C(F)(F)F)c1. The van der Waals surface area contributed by atoms with Gasteiger partial charge in [-0.25, -0.2) is 4.79 Å². The number of hydrogen-bond donors (Lipinski definition) is 2. The van der Waals surface area contributed by atoms with E-state index in [0.717, 1.165) is 49.2 Å². The zero-order valence-electron chi connectivity index (χ0n) is 28.7. The van der Waals surface area contributed by atoms with Crippen molar-refractivity contribution in [2.45, 2.75) is 102 Å². The van der Waals surface area contributed by atoms with E-state index in [9.17, 15) is 49.1 Å². The Labute approximate surface area is 288 Å². The summed E-state index contributed by atoms with van der Waals surface area (Å²) in [5, 5.41) is 0.0134. The lowest BCUT2D eigenvalue weighted by atomic mass is 9.80. The largest absolute Gasteiger partial charge is 0.487 e. The first-order valence-corrected chi connectivity index (χ1v) is 16.0. The van der Waals surface area contributed by atoms with Crippen LogP contribution >= 0.6 is 0 Å². The number of unbranched alkanes of at least 4 members (excludes halogenated alkanes) is 2. The van der Waals surface area contributed by atoms with Gasteiger partial charge in [-0.15, -0.1) is 0 Å². The van der Waals surface area contributed by atoms with Gasteiger partial charge < -0.3 is 25.4 Å². The van der Waals surface area contributed by atoms with E-state index in [4.69, 9.17) is 15.9 Å². The third-order valence-corrected chi connectivity index (χ3v) is 8.10. The van der Waals surface area contributed by atoms with Crippen LogP contribution in [0.15, 0.2) is 51.7 Å². The van der Waals surface area contributed by atoms with Gasteiger partial charge in [0.2, 0.25) is 0 Å². The Morgan fingerprint density at radius 2 is 1.45 bits per heavy atom. The number of esters is 1. The number of carbonyl (C=O) groups is 1. The van der Waals surface area contributed by atoms with E-state index in [2.05, 4.69) is 9.47 Å². The number of carbonyl (C=O) groups excluding carboxylic acids is 1. The van der Waals surface area contributed by atoms with Crippen molar-refractivity contribution < 1.29 is 58.2 Å². The van der Waals surface area contributed by atoms with Gasteiger partial charge in [0.15, 0.2) is 13.2 Å². The molecule has 0 aliphatic heterocycles. The molecule has 0 bridgehead atoms. The number of rotatable bonds is 16. The molecule has 1 aromatic heterocycles. The van der Waals surface area contributed by atoms with Crippen molar-refractivity contribution in [2.75, 3.05) is 13.2 Å². The van der Waals surface area contributed by atoms with Crippen molar-refractivity contribution in [3.63, 3.8) is 0 Å². The molecule has 0 saturated heterocycles. The molecule has 1 atom stereocenters. The van der Waals surface area contributed by atoms with E-state index in [1.165, 1.54) is 33.8 Å². The highest BCUT2D eigenvalue weighted by atomic mass is 19.4. The van der Waals surface area contributed by atoms with Gasteiger partial charge in [0.05, 0.1) is 17.0 Å². The molecular weight excluding hydrogens is 699 g/mol. The lowest BCUT2D eigenvalue weighted by Gasteiger charge is -2.35. The number of ether oxygens (including phenoxy) is 2. The molecule has 3 aromatic rings. The Bertz CT molecular complexity index is 1740. The highest BCUT2D eigenvalue weighted by molar-refractivity contribution is 5.83. The van der Waals surface area contributed by atoms with Crippen LogP contribution in [0.1, 0.15) is 71.4 Å². The van der Waals surface area contributed by atoms with E-state index in [1.54, 1.807) is 0 Å². The molecule has 0 aliphatic carbocycles. The van der Waals surface area contributed by atoms with E-state index < -0.39 is 88.2 Å². The molecule has 284 valence electrons. The van der Waals surface area contributed by atoms with Crippen LogP contribution in [-0.4, -0.2) is 48.0 Å². The monoisotopic (exact) mass is 740 g/mol. The number of nitrogens with two attached hydrogens (primary N) is 2. The zero-order chi connectivity index (χ0) is 38.8. The minimum Gasteiger partial charge on any atom is -0.487 e. The highest BCUT2D eigenvalue weighted by Gasteiger charge is 2.72. The molecular formula is C35H41F9N2O5. The summed E-state index contributed by atoms with van der Waals surface area (Å²) >= 11 is 0. The molecule has 7 nitrogen and oxygen atoms in total. The standard InChI is InChI=1S/C35H41F9N2O5/c1-6-7-8-9-20-10-13-23(25(14-20)34(40,41)42)24-15-21-11-12-22(16-27(21)51-28(24)47)49-18-32(36,37)35(43,44)33(38,39)19-50-29(48)26(31(4,5)46)17-30(2,3)45/h10-16,26H,6-9,17-19,45-46H2,1-5H3. The maximum Gasteiger partial charge on any atom is 0.417 e. The fraction of sp³-hybridized carbons (Fsp3) is 0.543. The quantitative estimate of drug-likeness (QED) is 0.0655. The molecule has 3 rings (SSSR count). The third-order valence-electron chi connectivity index (χ3n) is 8.10. The Kier molecular flexibility index (Phi) is 12.3. The number of alkyl halides is 9. The van der Waals surface area contributed by atoms with Crippen molar-refractivity contribution in [1.29, 1.82) is 0 Å². The highest BCUT2D eigenvalue weighted by Crippen LogP contribution is 2.46. The second kappa shape index (κ2) is 15.1. The van der Waals surface area contributed by atoms with Crippen LogP contribution in [0.2, 0.25) is 0 Å². The first kappa shape index (κ1) is 41.6. The average Bonchev–Trinajstić information content (AvgIpc) is 2.99. The molecule has 0 amide bonds. The lowest BCUT2D eigenvalue weighted by Crippen LogP contribution is -2.59. The van der Waals surface area contributed by atoms with Crippen molar-refractivity contribution in [1.82, 2.24) is 0 Å². The summed E-state index contributed by atoms with van der Waals surface area (Å²) in [6.07, 6.45) is -2.29. The van der Waals surface area contributed by atoms with Crippen molar-refractivity contribution in [2.24, 2.45) is 17.4 Å². The Morgan fingerprint density at radius 3 is 2.02 bits per heavy atom. The predicted octanol–water partition coefficient (Wildman–Crippen LogP) is 8.52. The van der Waals surface area contributed by atoms with Gasteiger partial charge in [0.1, 0.15) is 11.3 Å². The Balaban J connectivity index is 1.81. The van der Waals surface area contributed by atoms with Gasteiger partial charge in [-0.2, -0.15) is 39.5 Å². The minimum atomic E-state index is -6.10.